The molecule has 0 bridgehead atoms. The molecule has 2 N–H and O–H groups in total. The second-order valence-corrected chi connectivity index (χ2v) is 7.97. The van der Waals surface area contributed by atoms with E-state index >= 15 is 0 Å². The summed E-state index contributed by atoms with van der Waals surface area (Å²) in [4.78, 5) is 9.68. The van der Waals surface area contributed by atoms with Gasteiger partial charge in [0.05, 0.1) is 4.88 Å². The molecule has 1 aliphatic heterocycles. The number of aromatic nitrogens is 3. The second-order valence-electron chi connectivity index (χ2n) is 6.80. The predicted molar refractivity (Wildman–Crippen MR) is 107 cm³/mol. The Hall–Kier alpha value is -2.18. The number of anilines is 1. The first-order valence-corrected chi connectivity index (χ1v) is 10.2. The summed E-state index contributed by atoms with van der Waals surface area (Å²) in [6.45, 7) is 4.23. The minimum atomic E-state index is 0.714. The van der Waals surface area contributed by atoms with Gasteiger partial charge in [-0.25, -0.2) is 5.10 Å². The van der Waals surface area contributed by atoms with Gasteiger partial charge in [0.2, 0.25) is 5.95 Å². The summed E-state index contributed by atoms with van der Waals surface area (Å²) in [7, 11) is 0. The molecule has 6 heteroatoms. The SMILES string of the molecule is c1ccc(CNc2nc(-c3ccc(CN4CCCCCC4)s3)n[nH]2)cc1. The zero-order valence-corrected chi connectivity index (χ0v) is 15.8. The Kier molecular flexibility index (Phi) is 5.62. The van der Waals surface area contributed by atoms with E-state index in [1.807, 2.05) is 18.2 Å². The zero-order valence-electron chi connectivity index (χ0n) is 14.9. The van der Waals surface area contributed by atoms with Crippen molar-refractivity contribution in [3.05, 3.63) is 52.9 Å². The Labute approximate surface area is 158 Å². The Morgan fingerprint density at radius 2 is 1.81 bits per heavy atom. The number of rotatable bonds is 6. The van der Waals surface area contributed by atoms with E-state index in [1.165, 1.54) is 49.2 Å². The summed E-state index contributed by atoms with van der Waals surface area (Å²) in [6, 6.07) is 14.7. The molecule has 2 aromatic heterocycles. The van der Waals surface area contributed by atoms with Crippen LogP contribution in [0.2, 0.25) is 0 Å². The molecule has 136 valence electrons. The Morgan fingerprint density at radius 3 is 2.62 bits per heavy atom. The van der Waals surface area contributed by atoms with Crippen LogP contribution in [0, 0.1) is 0 Å². The van der Waals surface area contributed by atoms with Crippen molar-refractivity contribution in [2.75, 3.05) is 18.4 Å². The minimum Gasteiger partial charge on any atom is -0.351 e. The largest absolute Gasteiger partial charge is 0.351 e. The van der Waals surface area contributed by atoms with Crippen LogP contribution < -0.4 is 5.32 Å². The molecular formula is C20H25N5S. The topological polar surface area (TPSA) is 56.8 Å². The van der Waals surface area contributed by atoms with E-state index in [0.717, 1.165) is 23.8 Å². The van der Waals surface area contributed by atoms with Crippen LogP contribution in [0.3, 0.4) is 0 Å². The fraction of sp³-hybridized carbons (Fsp3) is 0.400. The molecular weight excluding hydrogens is 342 g/mol. The van der Waals surface area contributed by atoms with Gasteiger partial charge in [-0.15, -0.1) is 11.3 Å². The highest BCUT2D eigenvalue weighted by Crippen LogP contribution is 2.27. The Bertz CT molecular complexity index is 802. The first-order valence-electron chi connectivity index (χ1n) is 9.38. The van der Waals surface area contributed by atoms with E-state index < -0.39 is 0 Å². The number of nitrogens with zero attached hydrogens (tertiary/aromatic N) is 3. The number of H-pyrrole nitrogens is 1. The molecule has 0 amide bonds. The zero-order chi connectivity index (χ0) is 17.6. The third-order valence-corrected chi connectivity index (χ3v) is 5.81. The van der Waals surface area contributed by atoms with Gasteiger partial charge in [0.15, 0.2) is 5.82 Å². The van der Waals surface area contributed by atoms with Crippen LogP contribution >= 0.6 is 11.3 Å². The van der Waals surface area contributed by atoms with Crippen molar-refractivity contribution in [3.63, 3.8) is 0 Å². The van der Waals surface area contributed by atoms with E-state index in [-0.39, 0.29) is 0 Å². The van der Waals surface area contributed by atoms with Crippen molar-refractivity contribution in [3.8, 4) is 10.7 Å². The maximum absolute atomic E-state index is 4.59. The summed E-state index contributed by atoms with van der Waals surface area (Å²) in [5.41, 5.74) is 1.22. The number of hydrogen-bond acceptors (Lipinski definition) is 5. The molecule has 0 radical (unpaired) electrons. The van der Waals surface area contributed by atoms with Crippen LogP contribution in [0.1, 0.15) is 36.1 Å². The molecule has 1 aliphatic rings. The van der Waals surface area contributed by atoms with Crippen molar-refractivity contribution in [1.29, 1.82) is 0 Å². The second kappa shape index (κ2) is 8.47. The molecule has 5 nitrogen and oxygen atoms in total. The highest BCUT2D eigenvalue weighted by molar-refractivity contribution is 7.15. The van der Waals surface area contributed by atoms with Crippen molar-refractivity contribution >= 4 is 17.3 Å². The number of benzene rings is 1. The van der Waals surface area contributed by atoms with Gasteiger partial charge in [-0.3, -0.25) is 4.90 Å². The van der Waals surface area contributed by atoms with E-state index in [2.05, 4.69) is 49.7 Å². The fourth-order valence-corrected chi connectivity index (χ4v) is 4.31. The van der Waals surface area contributed by atoms with Crippen LogP contribution in [0.5, 0.6) is 0 Å². The summed E-state index contributed by atoms with van der Waals surface area (Å²) >= 11 is 1.80. The number of aromatic amines is 1. The lowest BCUT2D eigenvalue weighted by atomic mass is 10.2. The normalized spacial score (nSPS) is 15.7. The van der Waals surface area contributed by atoms with E-state index in [4.69, 9.17) is 0 Å². The van der Waals surface area contributed by atoms with Crippen molar-refractivity contribution < 1.29 is 0 Å². The summed E-state index contributed by atoms with van der Waals surface area (Å²) in [5.74, 6) is 1.49. The van der Waals surface area contributed by atoms with E-state index in [1.54, 1.807) is 11.3 Å². The van der Waals surface area contributed by atoms with Crippen LogP contribution in [-0.2, 0) is 13.1 Å². The van der Waals surface area contributed by atoms with Gasteiger partial charge in [-0.05, 0) is 43.6 Å². The van der Waals surface area contributed by atoms with Crippen LogP contribution in [0.25, 0.3) is 10.7 Å². The van der Waals surface area contributed by atoms with Gasteiger partial charge >= 0.3 is 0 Å². The van der Waals surface area contributed by atoms with Gasteiger partial charge in [-0.2, -0.15) is 10.1 Å². The first kappa shape index (κ1) is 17.2. The smallest absolute Gasteiger partial charge is 0.219 e. The molecule has 0 atom stereocenters. The van der Waals surface area contributed by atoms with Gasteiger partial charge in [0, 0.05) is 18.0 Å². The lowest BCUT2D eigenvalue weighted by Gasteiger charge is -2.18. The Morgan fingerprint density at radius 1 is 1.00 bits per heavy atom. The van der Waals surface area contributed by atoms with Gasteiger partial charge in [0.1, 0.15) is 0 Å². The van der Waals surface area contributed by atoms with E-state index in [0.29, 0.717) is 5.95 Å². The van der Waals surface area contributed by atoms with Crippen LogP contribution in [0.15, 0.2) is 42.5 Å². The van der Waals surface area contributed by atoms with E-state index in [9.17, 15) is 0 Å². The van der Waals surface area contributed by atoms with Crippen molar-refractivity contribution in [2.45, 2.75) is 38.8 Å². The summed E-state index contributed by atoms with van der Waals surface area (Å²) < 4.78 is 0. The third kappa shape index (κ3) is 4.51. The Balaban J connectivity index is 1.36. The highest BCUT2D eigenvalue weighted by atomic mass is 32.1. The maximum Gasteiger partial charge on any atom is 0.219 e. The molecule has 1 fully saturated rings. The van der Waals surface area contributed by atoms with Gasteiger partial charge in [0.25, 0.3) is 0 Å². The van der Waals surface area contributed by atoms with Gasteiger partial charge < -0.3 is 5.32 Å². The monoisotopic (exact) mass is 367 g/mol. The van der Waals surface area contributed by atoms with Crippen molar-refractivity contribution in [2.24, 2.45) is 0 Å². The highest BCUT2D eigenvalue weighted by Gasteiger charge is 2.13. The quantitative estimate of drug-likeness (QED) is 0.672. The molecule has 26 heavy (non-hydrogen) atoms. The average Bonchev–Trinajstić information content (AvgIpc) is 3.25. The summed E-state index contributed by atoms with van der Waals surface area (Å²) in [5, 5.41) is 10.7. The molecule has 0 spiro atoms. The molecule has 1 saturated heterocycles. The molecule has 0 unspecified atom stereocenters. The average molecular weight is 368 g/mol. The third-order valence-electron chi connectivity index (χ3n) is 4.75. The van der Waals surface area contributed by atoms with Crippen LogP contribution in [-0.4, -0.2) is 33.2 Å². The molecule has 4 rings (SSSR count). The molecule has 3 aromatic rings. The molecule has 0 aliphatic carbocycles. The lowest BCUT2D eigenvalue weighted by Crippen LogP contribution is -2.23. The number of thiophene rings is 1. The summed E-state index contributed by atoms with van der Waals surface area (Å²) in [6.07, 6.45) is 5.41. The minimum absolute atomic E-state index is 0.714. The standard InChI is InChI=1S/C20H25N5S/c1-2-7-13-25(12-6-1)15-17-10-11-18(26-17)19-22-20(24-23-19)21-14-16-8-4-3-5-9-16/h3-5,8-11H,1-2,6-7,12-15H2,(H2,21,22,23,24). The first-order chi connectivity index (χ1) is 12.9. The fourth-order valence-electron chi connectivity index (χ4n) is 3.33. The lowest BCUT2D eigenvalue weighted by molar-refractivity contribution is 0.279. The van der Waals surface area contributed by atoms with Gasteiger partial charge in [-0.1, -0.05) is 43.2 Å². The molecule has 3 heterocycles. The van der Waals surface area contributed by atoms with Crippen LogP contribution in [0.4, 0.5) is 5.95 Å². The predicted octanol–water partition coefficient (Wildman–Crippen LogP) is 4.52. The number of likely N-dealkylation sites (tertiary alicyclic amines) is 1. The number of nitrogens with one attached hydrogen (secondary N) is 2. The maximum atomic E-state index is 4.59. The molecule has 0 saturated carbocycles. The molecule has 1 aromatic carbocycles. The van der Waals surface area contributed by atoms with Crippen molar-refractivity contribution in [1.82, 2.24) is 20.1 Å². The number of hydrogen-bond donors (Lipinski definition) is 2.